The summed E-state index contributed by atoms with van der Waals surface area (Å²) < 4.78 is 0. The summed E-state index contributed by atoms with van der Waals surface area (Å²) in [4.78, 5) is 19.8. The molecule has 0 radical (unpaired) electrons. The SMILES string of the molecule is Cc1cc(Nc2cccc(C(=O)O)c2)nc(Nc2ccccc2)n1. The van der Waals surface area contributed by atoms with Crippen LogP contribution in [0.2, 0.25) is 0 Å². The van der Waals surface area contributed by atoms with Crippen LogP contribution < -0.4 is 10.6 Å². The monoisotopic (exact) mass is 320 g/mol. The molecule has 3 rings (SSSR count). The lowest BCUT2D eigenvalue weighted by atomic mass is 10.2. The maximum Gasteiger partial charge on any atom is 0.335 e. The molecule has 1 aromatic heterocycles. The van der Waals surface area contributed by atoms with E-state index in [9.17, 15) is 4.79 Å². The molecule has 0 aliphatic heterocycles. The number of hydrogen-bond donors (Lipinski definition) is 3. The van der Waals surface area contributed by atoms with Crippen LogP contribution in [0.3, 0.4) is 0 Å². The number of rotatable bonds is 5. The molecule has 3 N–H and O–H groups in total. The van der Waals surface area contributed by atoms with Gasteiger partial charge in [0, 0.05) is 23.1 Å². The number of carbonyl (C=O) groups is 1. The molecule has 24 heavy (non-hydrogen) atoms. The lowest BCUT2D eigenvalue weighted by Crippen LogP contribution is -2.03. The first-order chi connectivity index (χ1) is 11.6. The molecule has 0 aliphatic carbocycles. The van der Waals surface area contributed by atoms with Crippen molar-refractivity contribution in [1.82, 2.24) is 9.97 Å². The topological polar surface area (TPSA) is 87.1 Å². The first-order valence-corrected chi connectivity index (χ1v) is 7.38. The molecule has 3 aromatic rings. The smallest absolute Gasteiger partial charge is 0.335 e. The molecule has 0 unspecified atom stereocenters. The minimum Gasteiger partial charge on any atom is -0.478 e. The zero-order valence-electron chi connectivity index (χ0n) is 13.0. The molecule has 0 bridgehead atoms. The Kier molecular flexibility index (Phi) is 4.38. The first-order valence-electron chi connectivity index (χ1n) is 7.38. The standard InChI is InChI=1S/C18H16N4O2/c1-12-10-16(20-15-9-5-6-13(11-15)17(23)24)22-18(19-12)21-14-7-3-2-4-8-14/h2-11H,1H3,(H,23,24)(H2,19,20,21,22). The van der Waals surface area contributed by atoms with Crippen molar-refractivity contribution >= 4 is 29.1 Å². The lowest BCUT2D eigenvalue weighted by molar-refractivity contribution is 0.0697. The molecule has 1 heterocycles. The van der Waals surface area contributed by atoms with E-state index in [1.807, 2.05) is 37.3 Å². The number of para-hydroxylation sites is 1. The van der Waals surface area contributed by atoms with Gasteiger partial charge < -0.3 is 15.7 Å². The maximum atomic E-state index is 11.1. The number of carboxylic acid groups (broad SMARTS) is 1. The van der Waals surface area contributed by atoms with Crippen molar-refractivity contribution in [1.29, 1.82) is 0 Å². The predicted molar refractivity (Wildman–Crippen MR) is 93.2 cm³/mol. The Morgan fingerprint density at radius 1 is 0.917 bits per heavy atom. The molecule has 120 valence electrons. The summed E-state index contributed by atoms with van der Waals surface area (Å²) in [7, 11) is 0. The average Bonchev–Trinajstić information content (AvgIpc) is 2.55. The minimum absolute atomic E-state index is 0.216. The van der Waals surface area contributed by atoms with E-state index in [4.69, 9.17) is 5.11 Å². The van der Waals surface area contributed by atoms with Crippen LogP contribution in [-0.4, -0.2) is 21.0 Å². The van der Waals surface area contributed by atoms with Crippen LogP contribution in [-0.2, 0) is 0 Å². The third-order valence-corrected chi connectivity index (χ3v) is 3.27. The fraction of sp³-hybridized carbons (Fsp3) is 0.0556. The zero-order valence-corrected chi connectivity index (χ0v) is 13.0. The Morgan fingerprint density at radius 3 is 2.42 bits per heavy atom. The van der Waals surface area contributed by atoms with Gasteiger partial charge in [0.15, 0.2) is 0 Å². The highest BCUT2D eigenvalue weighted by atomic mass is 16.4. The summed E-state index contributed by atoms with van der Waals surface area (Å²) in [5.74, 6) is 0.0884. The van der Waals surface area contributed by atoms with Gasteiger partial charge >= 0.3 is 5.97 Å². The van der Waals surface area contributed by atoms with Gasteiger partial charge in [0.2, 0.25) is 5.95 Å². The van der Waals surface area contributed by atoms with Crippen LogP contribution in [0, 0.1) is 6.92 Å². The fourth-order valence-corrected chi connectivity index (χ4v) is 2.22. The van der Waals surface area contributed by atoms with Gasteiger partial charge in [0.1, 0.15) is 5.82 Å². The second-order valence-corrected chi connectivity index (χ2v) is 5.22. The largest absolute Gasteiger partial charge is 0.478 e. The third-order valence-electron chi connectivity index (χ3n) is 3.27. The number of nitrogens with zero attached hydrogens (tertiary/aromatic N) is 2. The molecule has 2 aromatic carbocycles. The molecule has 0 saturated heterocycles. The Labute approximate surface area is 139 Å². The Bertz CT molecular complexity index is 866. The second-order valence-electron chi connectivity index (χ2n) is 5.22. The van der Waals surface area contributed by atoms with Gasteiger partial charge in [-0.2, -0.15) is 4.98 Å². The summed E-state index contributed by atoms with van der Waals surface area (Å²) >= 11 is 0. The molecule has 0 aliphatic rings. The third kappa shape index (κ3) is 3.86. The number of aromatic carboxylic acids is 1. The van der Waals surface area contributed by atoms with Gasteiger partial charge in [-0.3, -0.25) is 0 Å². The quantitative estimate of drug-likeness (QED) is 0.659. The molecule has 0 amide bonds. The fourth-order valence-electron chi connectivity index (χ4n) is 2.22. The van der Waals surface area contributed by atoms with Gasteiger partial charge in [0.25, 0.3) is 0 Å². The van der Waals surface area contributed by atoms with E-state index in [0.29, 0.717) is 17.5 Å². The molecule has 0 saturated carbocycles. The molecule has 6 nitrogen and oxygen atoms in total. The summed E-state index contributed by atoms with van der Waals surface area (Å²) in [5, 5.41) is 15.3. The van der Waals surface area contributed by atoms with Crippen molar-refractivity contribution < 1.29 is 9.90 Å². The number of carboxylic acids is 1. The number of aryl methyl sites for hydroxylation is 1. The van der Waals surface area contributed by atoms with Gasteiger partial charge in [-0.25, -0.2) is 9.78 Å². The van der Waals surface area contributed by atoms with Crippen molar-refractivity contribution in [2.24, 2.45) is 0 Å². The number of nitrogens with one attached hydrogen (secondary N) is 2. The van der Waals surface area contributed by atoms with E-state index < -0.39 is 5.97 Å². The Morgan fingerprint density at radius 2 is 1.67 bits per heavy atom. The summed E-state index contributed by atoms with van der Waals surface area (Å²) in [5.41, 5.74) is 2.55. The number of benzene rings is 2. The van der Waals surface area contributed by atoms with E-state index in [0.717, 1.165) is 11.4 Å². The van der Waals surface area contributed by atoms with E-state index in [2.05, 4.69) is 20.6 Å². The average molecular weight is 320 g/mol. The van der Waals surface area contributed by atoms with Crippen LogP contribution in [0.5, 0.6) is 0 Å². The number of hydrogen-bond acceptors (Lipinski definition) is 5. The number of anilines is 4. The van der Waals surface area contributed by atoms with Crippen LogP contribution in [0.1, 0.15) is 16.1 Å². The zero-order chi connectivity index (χ0) is 16.9. The van der Waals surface area contributed by atoms with Crippen molar-refractivity contribution in [2.75, 3.05) is 10.6 Å². The van der Waals surface area contributed by atoms with Gasteiger partial charge in [0.05, 0.1) is 5.56 Å². The van der Waals surface area contributed by atoms with Crippen LogP contribution in [0.4, 0.5) is 23.1 Å². The Hall–Kier alpha value is -3.41. The maximum absolute atomic E-state index is 11.1. The van der Waals surface area contributed by atoms with E-state index in [-0.39, 0.29) is 5.56 Å². The van der Waals surface area contributed by atoms with Crippen LogP contribution in [0.15, 0.2) is 60.7 Å². The molecule has 0 spiro atoms. The summed E-state index contributed by atoms with van der Waals surface area (Å²) in [6.07, 6.45) is 0. The highest BCUT2D eigenvalue weighted by Gasteiger charge is 2.06. The first kappa shape index (κ1) is 15.5. The van der Waals surface area contributed by atoms with E-state index in [1.54, 1.807) is 30.3 Å². The van der Waals surface area contributed by atoms with Crippen molar-refractivity contribution in [2.45, 2.75) is 6.92 Å². The lowest BCUT2D eigenvalue weighted by Gasteiger charge is -2.10. The molecule has 6 heteroatoms. The molecule has 0 atom stereocenters. The predicted octanol–water partition coefficient (Wildman–Crippen LogP) is 3.97. The highest BCUT2D eigenvalue weighted by molar-refractivity contribution is 5.89. The molecular weight excluding hydrogens is 304 g/mol. The Balaban J connectivity index is 1.83. The van der Waals surface area contributed by atoms with Gasteiger partial charge in [-0.1, -0.05) is 24.3 Å². The molecule has 0 fully saturated rings. The highest BCUT2D eigenvalue weighted by Crippen LogP contribution is 2.20. The summed E-state index contributed by atoms with van der Waals surface area (Å²) in [6, 6.07) is 18.0. The van der Waals surface area contributed by atoms with Crippen LogP contribution in [0.25, 0.3) is 0 Å². The normalized spacial score (nSPS) is 10.2. The van der Waals surface area contributed by atoms with Crippen molar-refractivity contribution in [3.8, 4) is 0 Å². The minimum atomic E-state index is -0.969. The number of aromatic nitrogens is 2. The van der Waals surface area contributed by atoms with Crippen molar-refractivity contribution in [3.05, 3.63) is 71.9 Å². The van der Waals surface area contributed by atoms with E-state index >= 15 is 0 Å². The van der Waals surface area contributed by atoms with Gasteiger partial charge in [-0.15, -0.1) is 0 Å². The van der Waals surface area contributed by atoms with Crippen LogP contribution >= 0.6 is 0 Å². The van der Waals surface area contributed by atoms with Crippen molar-refractivity contribution in [3.63, 3.8) is 0 Å². The van der Waals surface area contributed by atoms with Gasteiger partial charge in [-0.05, 0) is 37.3 Å². The summed E-state index contributed by atoms with van der Waals surface area (Å²) in [6.45, 7) is 1.87. The second kappa shape index (κ2) is 6.78. The molecular formula is C18H16N4O2. The van der Waals surface area contributed by atoms with E-state index in [1.165, 1.54) is 0 Å².